The van der Waals surface area contributed by atoms with Crippen molar-refractivity contribution in [2.45, 2.75) is 89.1 Å². The van der Waals surface area contributed by atoms with Gasteiger partial charge in [0.25, 0.3) is 0 Å². The van der Waals surface area contributed by atoms with E-state index in [1.54, 1.807) is 4.90 Å². The number of piperidine rings is 1. The van der Waals surface area contributed by atoms with Crippen LogP contribution < -0.4 is 10.1 Å². The van der Waals surface area contributed by atoms with Crippen LogP contribution in [0.2, 0.25) is 0 Å². The third-order valence-electron chi connectivity index (χ3n) is 7.49. The van der Waals surface area contributed by atoms with Gasteiger partial charge in [0.15, 0.2) is 11.6 Å². The maximum Gasteiger partial charge on any atom is 0.410 e. The van der Waals surface area contributed by atoms with Crippen LogP contribution in [0.1, 0.15) is 69.1 Å². The molecule has 2 aromatic carbocycles. The van der Waals surface area contributed by atoms with Crippen LogP contribution in [-0.2, 0) is 22.5 Å². The minimum atomic E-state index is -0.643. The van der Waals surface area contributed by atoms with Gasteiger partial charge in [-0.15, -0.1) is 0 Å². The molecule has 2 unspecified atom stereocenters. The quantitative estimate of drug-likeness (QED) is 0.540. The van der Waals surface area contributed by atoms with Gasteiger partial charge in [-0.1, -0.05) is 30.3 Å². The van der Waals surface area contributed by atoms with Crippen molar-refractivity contribution in [3.05, 3.63) is 64.7 Å². The van der Waals surface area contributed by atoms with Crippen molar-refractivity contribution in [3.63, 3.8) is 0 Å². The SMILES string of the molecule is CC(C)(C)OC(=O)N1C2CCC1CC(c1cc(F)c3c(c1F)OC[C@H](NC(=O)OCc1ccccc1)C3)C2. The molecule has 9 heteroatoms. The van der Waals surface area contributed by atoms with Gasteiger partial charge in [-0.2, -0.15) is 0 Å². The van der Waals surface area contributed by atoms with Crippen LogP contribution in [0.3, 0.4) is 0 Å². The number of hydrogen-bond donors (Lipinski definition) is 1. The number of rotatable bonds is 4. The molecule has 0 saturated carbocycles. The van der Waals surface area contributed by atoms with Gasteiger partial charge >= 0.3 is 12.2 Å². The number of halogens is 2. The monoisotopic (exact) mass is 528 g/mol. The van der Waals surface area contributed by atoms with Crippen LogP contribution in [0.25, 0.3) is 0 Å². The first-order chi connectivity index (χ1) is 18.1. The summed E-state index contributed by atoms with van der Waals surface area (Å²) in [7, 11) is 0. The van der Waals surface area contributed by atoms with Gasteiger partial charge in [0.05, 0.1) is 6.04 Å². The highest BCUT2D eigenvalue weighted by atomic mass is 19.1. The van der Waals surface area contributed by atoms with Crippen molar-refractivity contribution in [1.82, 2.24) is 10.2 Å². The predicted octanol–water partition coefficient (Wildman–Crippen LogP) is 5.84. The standard InChI is InChI=1S/C29H34F2N2O5/c1-29(2,3)38-28(35)33-20-9-10-21(33)12-18(11-20)22-14-24(30)23-13-19(16-36-26(23)25(22)31)32-27(34)37-15-17-7-5-4-6-8-17/h4-8,14,18-21H,9-13,15-16H2,1-3H3,(H,32,34)/t18?,19-,20?,21?/m1/s1. The summed E-state index contributed by atoms with van der Waals surface area (Å²) >= 11 is 0. The van der Waals surface area contributed by atoms with Crippen molar-refractivity contribution in [1.29, 1.82) is 0 Å². The summed E-state index contributed by atoms with van der Waals surface area (Å²) in [5, 5.41) is 2.68. The van der Waals surface area contributed by atoms with Gasteiger partial charge in [-0.05, 0) is 69.6 Å². The molecule has 2 fully saturated rings. The molecule has 3 heterocycles. The van der Waals surface area contributed by atoms with Crippen molar-refractivity contribution < 1.29 is 32.6 Å². The number of carbonyl (C=O) groups is 2. The van der Waals surface area contributed by atoms with E-state index in [1.807, 2.05) is 51.1 Å². The maximum atomic E-state index is 15.7. The number of nitrogens with zero attached hydrogens (tertiary/aromatic N) is 1. The van der Waals surface area contributed by atoms with Crippen molar-refractivity contribution >= 4 is 12.2 Å². The first-order valence-electron chi connectivity index (χ1n) is 13.2. The molecule has 38 heavy (non-hydrogen) atoms. The molecule has 2 bridgehead atoms. The second kappa shape index (κ2) is 10.4. The smallest absolute Gasteiger partial charge is 0.410 e. The molecule has 7 nitrogen and oxygen atoms in total. The fraction of sp³-hybridized carbons (Fsp3) is 0.517. The van der Waals surface area contributed by atoms with Gasteiger partial charge in [0, 0.05) is 24.1 Å². The van der Waals surface area contributed by atoms with Crippen molar-refractivity contribution in [3.8, 4) is 5.75 Å². The summed E-state index contributed by atoms with van der Waals surface area (Å²) in [6.07, 6.45) is 1.84. The normalized spacial score (nSPS) is 24.3. The topological polar surface area (TPSA) is 77.1 Å². The van der Waals surface area contributed by atoms with E-state index in [-0.39, 0.29) is 60.6 Å². The number of benzene rings is 2. The van der Waals surface area contributed by atoms with E-state index in [1.165, 1.54) is 6.07 Å². The Kier molecular flexibility index (Phi) is 7.20. The van der Waals surface area contributed by atoms with Crippen LogP contribution in [0.4, 0.5) is 18.4 Å². The molecule has 204 valence electrons. The average molecular weight is 529 g/mol. The molecule has 5 rings (SSSR count). The summed E-state index contributed by atoms with van der Waals surface area (Å²) in [6.45, 7) is 5.61. The number of ether oxygens (including phenoxy) is 3. The Morgan fingerprint density at radius 1 is 1.11 bits per heavy atom. The van der Waals surface area contributed by atoms with Crippen LogP contribution in [0.5, 0.6) is 5.75 Å². The predicted molar refractivity (Wildman–Crippen MR) is 136 cm³/mol. The number of amides is 2. The molecule has 0 radical (unpaired) electrons. The highest BCUT2D eigenvalue weighted by Gasteiger charge is 2.46. The fourth-order valence-corrected chi connectivity index (χ4v) is 5.85. The summed E-state index contributed by atoms with van der Waals surface area (Å²) in [4.78, 5) is 26.8. The van der Waals surface area contributed by atoms with E-state index < -0.39 is 29.4 Å². The molecule has 2 saturated heterocycles. The lowest BCUT2D eigenvalue weighted by atomic mass is 9.83. The summed E-state index contributed by atoms with van der Waals surface area (Å²) in [5.74, 6) is -1.42. The summed E-state index contributed by atoms with van der Waals surface area (Å²) in [5.41, 5.74) is 0.652. The minimum absolute atomic E-state index is 0.00951. The molecule has 2 amide bonds. The molecule has 3 atom stereocenters. The zero-order valence-corrected chi connectivity index (χ0v) is 22.0. The Morgan fingerprint density at radius 2 is 1.79 bits per heavy atom. The van der Waals surface area contributed by atoms with Gasteiger partial charge in [-0.3, -0.25) is 0 Å². The number of hydrogen-bond acceptors (Lipinski definition) is 5. The Hall–Kier alpha value is -3.36. The van der Waals surface area contributed by atoms with Crippen LogP contribution >= 0.6 is 0 Å². The number of nitrogens with one attached hydrogen (secondary N) is 1. The second-order valence-electron chi connectivity index (χ2n) is 11.4. The van der Waals surface area contributed by atoms with Gasteiger partial charge < -0.3 is 24.4 Å². The number of alkyl carbamates (subject to hydrolysis) is 1. The Morgan fingerprint density at radius 3 is 2.45 bits per heavy atom. The molecule has 2 aromatic rings. The highest BCUT2D eigenvalue weighted by Crippen LogP contribution is 2.46. The Bertz CT molecular complexity index is 1190. The van der Waals surface area contributed by atoms with Gasteiger partial charge in [-0.25, -0.2) is 18.4 Å². The van der Waals surface area contributed by atoms with E-state index in [0.717, 1.165) is 18.4 Å². The number of carbonyl (C=O) groups excluding carboxylic acids is 2. The molecular weight excluding hydrogens is 494 g/mol. The zero-order chi connectivity index (χ0) is 27.0. The Balaban J connectivity index is 1.24. The lowest BCUT2D eigenvalue weighted by molar-refractivity contribution is 0.00570. The second-order valence-corrected chi connectivity index (χ2v) is 11.4. The van der Waals surface area contributed by atoms with Crippen molar-refractivity contribution in [2.75, 3.05) is 6.61 Å². The van der Waals surface area contributed by atoms with E-state index in [0.29, 0.717) is 12.8 Å². The average Bonchev–Trinajstić information content (AvgIpc) is 3.14. The van der Waals surface area contributed by atoms with Gasteiger partial charge in [0.2, 0.25) is 0 Å². The lowest BCUT2D eigenvalue weighted by Gasteiger charge is -2.40. The molecule has 1 N–H and O–H groups in total. The third-order valence-corrected chi connectivity index (χ3v) is 7.49. The Labute approximate surface area is 221 Å². The fourth-order valence-electron chi connectivity index (χ4n) is 5.85. The molecular formula is C29H34F2N2O5. The minimum Gasteiger partial charge on any atom is -0.488 e. The number of fused-ring (bicyclic) bond motifs is 3. The third kappa shape index (κ3) is 5.56. The largest absolute Gasteiger partial charge is 0.488 e. The van der Waals surface area contributed by atoms with E-state index in [2.05, 4.69) is 5.32 Å². The summed E-state index contributed by atoms with van der Waals surface area (Å²) < 4.78 is 47.4. The van der Waals surface area contributed by atoms with E-state index >= 15 is 8.78 Å². The molecule has 3 aliphatic heterocycles. The van der Waals surface area contributed by atoms with Crippen LogP contribution in [0, 0.1) is 11.6 Å². The van der Waals surface area contributed by atoms with Crippen molar-refractivity contribution in [2.24, 2.45) is 0 Å². The molecule has 0 spiro atoms. The maximum absolute atomic E-state index is 15.7. The first-order valence-corrected chi connectivity index (χ1v) is 13.2. The molecule has 0 aromatic heterocycles. The van der Waals surface area contributed by atoms with E-state index in [4.69, 9.17) is 14.2 Å². The van der Waals surface area contributed by atoms with Crippen LogP contribution in [0.15, 0.2) is 36.4 Å². The first kappa shape index (κ1) is 26.3. The van der Waals surface area contributed by atoms with E-state index in [9.17, 15) is 9.59 Å². The van der Waals surface area contributed by atoms with Gasteiger partial charge in [0.1, 0.15) is 24.6 Å². The lowest BCUT2D eigenvalue weighted by Crippen LogP contribution is -2.48. The highest BCUT2D eigenvalue weighted by molar-refractivity contribution is 5.70. The molecule has 3 aliphatic rings. The summed E-state index contributed by atoms with van der Waals surface area (Å²) in [6, 6.07) is 9.85. The molecule has 0 aliphatic carbocycles. The zero-order valence-electron chi connectivity index (χ0n) is 22.0. The van der Waals surface area contributed by atoms with Crippen LogP contribution in [-0.4, -0.2) is 47.4 Å².